The second-order valence-corrected chi connectivity index (χ2v) is 12.3. The molecular formula is C40H66O6. The van der Waals surface area contributed by atoms with Crippen LogP contribution in [0.15, 0.2) is 72.9 Å². The molecular weight excluding hydrogens is 576 g/mol. The number of carbonyl (C=O) groups is 2. The Morgan fingerprint density at radius 1 is 0.609 bits per heavy atom. The molecule has 0 aromatic heterocycles. The third-order valence-electron chi connectivity index (χ3n) is 7.23. The van der Waals surface area contributed by atoms with Gasteiger partial charge in [-0.15, -0.1) is 0 Å². The van der Waals surface area contributed by atoms with Gasteiger partial charge in [-0.3, -0.25) is 9.59 Å². The van der Waals surface area contributed by atoms with Crippen molar-refractivity contribution in [3.05, 3.63) is 72.9 Å². The molecule has 46 heavy (non-hydrogen) atoms. The van der Waals surface area contributed by atoms with Crippen LogP contribution in [0, 0.1) is 5.92 Å². The molecule has 0 aromatic rings. The molecule has 0 heterocycles. The van der Waals surface area contributed by atoms with E-state index in [0.29, 0.717) is 19.3 Å². The Morgan fingerprint density at radius 3 is 1.72 bits per heavy atom. The lowest BCUT2D eigenvalue weighted by Crippen LogP contribution is -2.25. The number of rotatable bonds is 30. The van der Waals surface area contributed by atoms with Crippen molar-refractivity contribution in [1.29, 1.82) is 0 Å². The monoisotopic (exact) mass is 642 g/mol. The van der Waals surface area contributed by atoms with Crippen molar-refractivity contribution in [3.8, 4) is 0 Å². The van der Waals surface area contributed by atoms with Crippen molar-refractivity contribution in [1.82, 2.24) is 0 Å². The van der Waals surface area contributed by atoms with Gasteiger partial charge in [-0.2, -0.15) is 0 Å². The smallest absolute Gasteiger partial charge is 0.306 e. The Balaban J connectivity index is 3.67. The molecule has 1 unspecified atom stereocenters. The Hall–Kier alpha value is -2.70. The van der Waals surface area contributed by atoms with Crippen LogP contribution in [0.2, 0.25) is 0 Å². The van der Waals surface area contributed by atoms with Gasteiger partial charge in [-0.1, -0.05) is 151 Å². The number of aliphatic hydroxyl groups is 2. The first-order chi connectivity index (χ1) is 22.3. The van der Waals surface area contributed by atoms with E-state index in [0.717, 1.165) is 50.9 Å². The van der Waals surface area contributed by atoms with Gasteiger partial charge in [-0.05, 0) is 50.9 Å². The third-order valence-corrected chi connectivity index (χ3v) is 7.23. The maximum absolute atomic E-state index is 11.9. The quantitative estimate of drug-likeness (QED) is 0.0351. The van der Waals surface area contributed by atoms with Gasteiger partial charge in [0.2, 0.25) is 0 Å². The van der Waals surface area contributed by atoms with Crippen LogP contribution in [0.5, 0.6) is 0 Å². The lowest BCUT2D eigenvalue weighted by molar-refractivity contribution is -0.152. The van der Waals surface area contributed by atoms with Gasteiger partial charge < -0.3 is 19.7 Å². The minimum Gasteiger partial charge on any atom is -0.463 e. The minimum atomic E-state index is -1.01. The fraction of sp³-hybridized carbons (Fsp3) is 0.650. The summed E-state index contributed by atoms with van der Waals surface area (Å²) in [6.07, 6.45) is 40.1. The number of hydrogen-bond donors (Lipinski definition) is 2. The summed E-state index contributed by atoms with van der Waals surface area (Å²) in [6, 6.07) is 0. The number of carbonyl (C=O) groups excluding carboxylic acids is 2. The molecule has 0 saturated heterocycles. The second-order valence-electron chi connectivity index (χ2n) is 12.3. The van der Waals surface area contributed by atoms with Crippen LogP contribution >= 0.6 is 0 Å². The highest BCUT2D eigenvalue weighted by Crippen LogP contribution is 2.13. The number of allylic oxidation sites excluding steroid dienone is 10. The lowest BCUT2D eigenvalue weighted by atomic mass is 10.0. The second kappa shape index (κ2) is 33.7. The van der Waals surface area contributed by atoms with Crippen molar-refractivity contribution in [3.63, 3.8) is 0 Å². The van der Waals surface area contributed by atoms with Crippen LogP contribution in [-0.2, 0) is 19.1 Å². The molecule has 0 saturated carbocycles. The minimum absolute atomic E-state index is 0.152. The highest BCUT2D eigenvalue weighted by atomic mass is 16.6. The number of ether oxygens (including phenoxy) is 2. The summed E-state index contributed by atoms with van der Waals surface area (Å²) in [4.78, 5) is 23.8. The molecule has 2 N–H and O–H groups in total. The molecule has 262 valence electrons. The molecule has 6 nitrogen and oxygen atoms in total. The fourth-order valence-corrected chi connectivity index (χ4v) is 4.50. The van der Waals surface area contributed by atoms with E-state index in [1.807, 2.05) is 30.4 Å². The van der Waals surface area contributed by atoms with E-state index in [1.165, 1.54) is 44.9 Å². The lowest BCUT2D eigenvalue weighted by Gasteiger charge is -2.12. The van der Waals surface area contributed by atoms with Gasteiger partial charge in [-0.25, -0.2) is 0 Å². The zero-order valence-electron chi connectivity index (χ0n) is 29.3. The first-order valence-corrected chi connectivity index (χ1v) is 18.0. The van der Waals surface area contributed by atoms with Crippen LogP contribution in [0.3, 0.4) is 0 Å². The third kappa shape index (κ3) is 34.2. The van der Waals surface area contributed by atoms with Crippen molar-refractivity contribution in [2.45, 2.75) is 149 Å². The van der Waals surface area contributed by atoms with Crippen molar-refractivity contribution >= 4 is 11.9 Å². The van der Waals surface area contributed by atoms with Crippen LogP contribution in [-0.4, -0.2) is 47.6 Å². The number of hydrogen-bond acceptors (Lipinski definition) is 6. The molecule has 0 bridgehead atoms. The van der Waals surface area contributed by atoms with Gasteiger partial charge >= 0.3 is 11.9 Å². The molecule has 2 atom stereocenters. The largest absolute Gasteiger partial charge is 0.463 e. The SMILES string of the molecule is CC/C=C\CC(O)/C=C/C=C/C/C=C\C/C=C\C/C=C\CCC(=O)OC[C@H](O)COC(=O)CCCCCCCCCCCC(C)C. The van der Waals surface area contributed by atoms with Crippen molar-refractivity contribution < 1.29 is 29.3 Å². The van der Waals surface area contributed by atoms with Gasteiger partial charge in [0.25, 0.3) is 0 Å². The Bertz CT molecular complexity index is 895. The standard InChI is InChI=1S/C40H66O6/c1-4-5-24-30-37(41)31-26-21-17-13-9-7-6-8-10-14-18-22-27-32-39(43)45-34-38(42)35-46-40(44)33-28-23-19-15-11-12-16-20-25-29-36(2)3/h5,7-10,17-18,21-22,24,26,31,36-38,41-42H,4,6,11-16,19-20,23,25,27-30,32-35H2,1-3H3/b9-7-,10-8-,21-17+,22-18-,24-5-,31-26+/t37?,38-/m0/s1. The first kappa shape index (κ1) is 43.3. The maximum Gasteiger partial charge on any atom is 0.306 e. The maximum atomic E-state index is 11.9. The molecule has 0 aliphatic heterocycles. The molecule has 6 heteroatoms. The highest BCUT2D eigenvalue weighted by Gasteiger charge is 2.11. The van der Waals surface area contributed by atoms with Gasteiger partial charge in [0, 0.05) is 12.8 Å². The Labute approximate surface area is 281 Å². The van der Waals surface area contributed by atoms with Crippen molar-refractivity contribution in [2.75, 3.05) is 13.2 Å². The number of unbranched alkanes of at least 4 members (excludes halogenated alkanes) is 8. The van der Waals surface area contributed by atoms with Crippen LogP contribution in [0.25, 0.3) is 0 Å². The average molecular weight is 643 g/mol. The molecule has 0 aromatic carbocycles. The zero-order valence-corrected chi connectivity index (χ0v) is 29.3. The molecule has 0 amide bonds. The fourth-order valence-electron chi connectivity index (χ4n) is 4.50. The Morgan fingerprint density at radius 2 is 1.13 bits per heavy atom. The van der Waals surface area contributed by atoms with E-state index in [1.54, 1.807) is 6.08 Å². The molecule has 0 radical (unpaired) electrons. The predicted octanol–water partition coefficient (Wildman–Crippen LogP) is 9.83. The van der Waals surface area contributed by atoms with Crippen LogP contribution in [0.1, 0.15) is 136 Å². The molecule has 0 aliphatic rings. The number of aliphatic hydroxyl groups excluding tert-OH is 2. The van der Waals surface area contributed by atoms with E-state index >= 15 is 0 Å². The molecule has 0 rings (SSSR count). The van der Waals surface area contributed by atoms with E-state index in [2.05, 4.69) is 57.2 Å². The van der Waals surface area contributed by atoms with E-state index in [4.69, 9.17) is 9.47 Å². The summed E-state index contributed by atoms with van der Waals surface area (Å²) >= 11 is 0. The van der Waals surface area contributed by atoms with E-state index in [-0.39, 0.29) is 31.6 Å². The summed E-state index contributed by atoms with van der Waals surface area (Å²) in [7, 11) is 0. The molecule has 0 spiro atoms. The zero-order chi connectivity index (χ0) is 33.9. The summed E-state index contributed by atoms with van der Waals surface area (Å²) in [5.74, 6) is 0.120. The molecule has 0 aliphatic carbocycles. The van der Waals surface area contributed by atoms with Crippen molar-refractivity contribution in [2.24, 2.45) is 5.92 Å². The first-order valence-electron chi connectivity index (χ1n) is 18.0. The Kier molecular flexibility index (Phi) is 31.7. The highest BCUT2D eigenvalue weighted by molar-refractivity contribution is 5.70. The summed E-state index contributed by atoms with van der Waals surface area (Å²) in [5, 5.41) is 19.7. The summed E-state index contributed by atoms with van der Waals surface area (Å²) in [5.41, 5.74) is 0. The normalized spacial score (nSPS) is 13.9. The number of esters is 2. The summed E-state index contributed by atoms with van der Waals surface area (Å²) in [6.45, 7) is 6.32. The van der Waals surface area contributed by atoms with E-state index in [9.17, 15) is 19.8 Å². The summed E-state index contributed by atoms with van der Waals surface area (Å²) < 4.78 is 10.2. The topological polar surface area (TPSA) is 93.1 Å². The van der Waals surface area contributed by atoms with Gasteiger partial charge in [0.1, 0.15) is 19.3 Å². The predicted molar refractivity (Wildman–Crippen MR) is 192 cm³/mol. The molecule has 0 fully saturated rings. The van der Waals surface area contributed by atoms with Crippen LogP contribution < -0.4 is 0 Å². The van der Waals surface area contributed by atoms with Crippen LogP contribution in [0.4, 0.5) is 0 Å². The average Bonchev–Trinajstić information content (AvgIpc) is 3.03. The van der Waals surface area contributed by atoms with E-state index < -0.39 is 12.2 Å². The van der Waals surface area contributed by atoms with Gasteiger partial charge in [0.05, 0.1) is 6.10 Å². The van der Waals surface area contributed by atoms with Gasteiger partial charge in [0.15, 0.2) is 0 Å².